The van der Waals surface area contributed by atoms with Crippen LogP contribution in [0.2, 0.25) is 5.02 Å². The van der Waals surface area contributed by atoms with E-state index in [1.807, 2.05) is 31.2 Å². The molecule has 0 bridgehead atoms. The minimum atomic E-state index is -0.426. The van der Waals surface area contributed by atoms with Crippen LogP contribution >= 0.6 is 27.5 Å². The maximum atomic E-state index is 12.4. The fourth-order valence-corrected chi connectivity index (χ4v) is 2.73. The third-order valence-electron chi connectivity index (χ3n) is 3.79. The van der Waals surface area contributed by atoms with E-state index >= 15 is 0 Å². The summed E-state index contributed by atoms with van der Waals surface area (Å²) < 4.78 is 4.27. The molecule has 0 radical (unpaired) electrons. The number of aromatic nitrogens is 4. The van der Waals surface area contributed by atoms with Crippen molar-refractivity contribution in [3.8, 4) is 0 Å². The molecular weight excluding hydrogens is 406 g/mol. The molecule has 8 heteroatoms. The Morgan fingerprint density at radius 2 is 2.04 bits per heavy atom. The van der Waals surface area contributed by atoms with Crippen LogP contribution in [0.25, 0.3) is 0 Å². The predicted molar refractivity (Wildman–Crippen MR) is 101 cm³/mol. The molecule has 0 aliphatic carbocycles. The van der Waals surface area contributed by atoms with Crippen LogP contribution in [-0.2, 0) is 11.3 Å². The molecule has 2 aromatic heterocycles. The number of hydrogen-bond donors (Lipinski definition) is 1. The van der Waals surface area contributed by atoms with Gasteiger partial charge in [-0.25, -0.2) is 0 Å². The number of aryl methyl sites for hydroxylation is 1. The molecule has 0 aliphatic rings. The average molecular weight is 423 g/mol. The summed E-state index contributed by atoms with van der Waals surface area (Å²) in [6.45, 7) is 4.28. The second-order valence-corrected chi connectivity index (χ2v) is 7.05. The minimum absolute atomic E-state index is 0.152. The van der Waals surface area contributed by atoms with Gasteiger partial charge in [0, 0.05) is 17.4 Å². The molecule has 3 aromatic rings. The molecule has 1 atom stereocenters. The lowest BCUT2D eigenvalue weighted by Crippen LogP contribution is -2.23. The molecule has 0 fully saturated rings. The fourth-order valence-electron chi connectivity index (χ4n) is 2.32. The predicted octanol–water partition coefficient (Wildman–Crippen LogP) is 4.05. The summed E-state index contributed by atoms with van der Waals surface area (Å²) in [5, 5.41) is 12.2. The lowest BCUT2D eigenvalue weighted by molar-refractivity contribution is -0.119. The second-order valence-electron chi connectivity index (χ2n) is 5.76. The van der Waals surface area contributed by atoms with Crippen molar-refractivity contribution in [1.82, 2.24) is 19.6 Å². The second kappa shape index (κ2) is 7.41. The van der Waals surface area contributed by atoms with Gasteiger partial charge in [-0.3, -0.25) is 14.2 Å². The zero-order valence-electron chi connectivity index (χ0n) is 13.8. The Hall–Kier alpha value is -2.12. The van der Waals surface area contributed by atoms with E-state index in [1.54, 1.807) is 34.9 Å². The van der Waals surface area contributed by atoms with Gasteiger partial charge in [-0.15, -0.1) is 0 Å². The first-order valence-corrected chi connectivity index (χ1v) is 8.88. The third-order valence-corrected chi connectivity index (χ3v) is 4.82. The van der Waals surface area contributed by atoms with Crippen LogP contribution in [0.4, 0.5) is 5.69 Å². The molecule has 130 valence electrons. The Morgan fingerprint density at radius 3 is 2.68 bits per heavy atom. The van der Waals surface area contributed by atoms with Crippen molar-refractivity contribution in [3.05, 3.63) is 63.6 Å². The van der Waals surface area contributed by atoms with Gasteiger partial charge in [-0.05, 0) is 47.5 Å². The molecule has 0 saturated carbocycles. The zero-order chi connectivity index (χ0) is 18.0. The molecule has 0 saturated heterocycles. The first kappa shape index (κ1) is 17.7. The van der Waals surface area contributed by atoms with Crippen LogP contribution in [0.3, 0.4) is 0 Å². The minimum Gasteiger partial charge on any atom is -0.322 e. The highest BCUT2D eigenvalue weighted by atomic mass is 79.9. The SMILES string of the molecule is Cc1nn(C(C)C(=O)Nc2cnn(Cc3ccc(Cl)cc3)c2)cc1Br. The quantitative estimate of drug-likeness (QED) is 0.674. The van der Waals surface area contributed by atoms with Gasteiger partial charge in [0.05, 0.1) is 28.6 Å². The molecule has 1 amide bonds. The third kappa shape index (κ3) is 4.29. The van der Waals surface area contributed by atoms with E-state index in [1.165, 1.54) is 0 Å². The standard InChI is InChI=1S/C17H17BrClN5O/c1-11-16(18)10-24(22-11)12(2)17(25)21-15-7-20-23(9-15)8-13-3-5-14(19)6-4-13/h3-7,9-10,12H,8H2,1-2H3,(H,21,25). The molecule has 1 unspecified atom stereocenters. The van der Waals surface area contributed by atoms with Crippen LogP contribution in [0.15, 0.2) is 47.3 Å². The molecule has 25 heavy (non-hydrogen) atoms. The average Bonchev–Trinajstić information content (AvgIpc) is 3.15. The number of carbonyl (C=O) groups excluding carboxylic acids is 1. The first-order valence-electron chi connectivity index (χ1n) is 7.71. The monoisotopic (exact) mass is 421 g/mol. The lowest BCUT2D eigenvalue weighted by atomic mass is 10.2. The van der Waals surface area contributed by atoms with Crippen molar-refractivity contribution in [3.63, 3.8) is 0 Å². The van der Waals surface area contributed by atoms with E-state index in [4.69, 9.17) is 11.6 Å². The van der Waals surface area contributed by atoms with Gasteiger partial charge in [0.2, 0.25) is 5.91 Å². The van der Waals surface area contributed by atoms with Crippen LogP contribution in [0.1, 0.15) is 24.2 Å². The van der Waals surface area contributed by atoms with Crippen LogP contribution < -0.4 is 5.32 Å². The highest BCUT2D eigenvalue weighted by molar-refractivity contribution is 9.10. The van der Waals surface area contributed by atoms with E-state index in [2.05, 4.69) is 31.4 Å². The van der Waals surface area contributed by atoms with Crippen molar-refractivity contribution >= 4 is 39.1 Å². The van der Waals surface area contributed by atoms with E-state index < -0.39 is 6.04 Å². The molecule has 1 N–H and O–H groups in total. The number of halogens is 2. The van der Waals surface area contributed by atoms with Gasteiger partial charge in [0.25, 0.3) is 0 Å². The largest absolute Gasteiger partial charge is 0.322 e. The molecule has 6 nitrogen and oxygen atoms in total. The van der Waals surface area contributed by atoms with Crippen molar-refractivity contribution in [1.29, 1.82) is 0 Å². The number of nitrogens with zero attached hydrogens (tertiary/aromatic N) is 4. The number of anilines is 1. The molecule has 1 aromatic carbocycles. The normalized spacial score (nSPS) is 12.2. The van der Waals surface area contributed by atoms with E-state index in [9.17, 15) is 4.79 Å². The first-order chi connectivity index (χ1) is 11.9. The van der Waals surface area contributed by atoms with Gasteiger partial charge < -0.3 is 5.32 Å². The zero-order valence-corrected chi connectivity index (χ0v) is 16.1. The summed E-state index contributed by atoms with van der Waals surface area (Å²) in [6.07, 6.45) is 5.22. The topological polar surface area (TPSA) is 64.7 Å². The number of benzene rings is 1. The van der Waals surface area contributed by atoms with E-state index in [-0.39, 0.29) is 5.91 Å². The Kier molecular flexibility index (Phi) is 5.24. The molecule has 3 rings (SSSR count). The Labute approximate surface area is 158 Å². The number of nitrogens with one attached hydrogen (secondary N) is 1. The molecular formula is C17H17BrClN5O. The number of rotatable bonds is 5. The van der Waals surface area contributed by atoms with Gasteiger partial charge in [-0.2, -0.15) is 10.2 Å². The highest BCUT2D eigenvalue weighted by Gasteiger charge is 2.17. The maximum Gasteiger partial charge on any atom is 0.249 e. The summed E-state index contributed by atoms with van der Waals surface area (Å²) in [7, 11) is 0. The number of carbonyl (C=O) groups is 1. The van der Waals surface area contributed by atoms with Gasteiger partial charge in [0.1, 0.15) is 6.04 Å². The van der Waals surface area contributed by atoms with Crippen molar-refractivity contribution < 1.29 is 4.79 Å². The summed E-state index contributed by atoms with van der Waals surface area (Å²) >= 11 is 9.29. The van der Waals surface area contributed by atoms with Crippen LogP contribution in [0, 0.1) is 6.92 Å². The highest BCUT2D eigenvalue weighted by Crippen LogP contribution is 2.18. The summed E-state index contributed by atoms with van der Waals surface area (Å²) in [5.41, 5.74) is 2.57. The Bertz CT molecular complexity index is 867. The van der Waals surface area contributed by atoms with Crippen molar-refractivity contribution in [2.24, 2.45) is 0 Å². The Morgan fingerprint density at radius 1 is 1.32 bits per heavy atom. The van der Waals surface area contributed by atoms with Crippen LogP contribution in [-0.4, -0.2) is 25.5 Å². The summed E-state index contributed by atoms with van der Waals surface area (Å²) in [6, 6.07) is 7.15. The smallest absolute Gasteiger partial charge is 0.249 e. The fraction of sp³-hybridized carbons (Fsp3) is 0.235. The van der Waals surface area contributed by atoms with Gasteiger partial charge in [0.15, 0.2) is 0 Å². The van der Waals surface area contributed by atoms with Crippen molar-refractivity contribution in [2.75, 3.05) is 5.32 Å². The maximum absolute atomic E-state index is 12.4. The number of amides is 1. The molecule has 2 heterocycles. The van der Waals surface area contributed by atoms with Gasteiger partial charge >= 0.3 is 0 Å². The van der Waals surface area contributed by atoms with E-state index in [0.717, 1.165) is 15.7 Å². The summed E-state index contributed by atoms with van der Waals surface area (Å²) in [5.74, 6) is -0.152. The number of hydrogen-bond acceptors (Lipinski definition) is 3. The van der Waals surface area contributed by atoms with Crippen LogP contribution in [0.5, 0.6) is 0 Å². The lowest BCUT2D eigenvalue weighted by Gasteiger charge is -2.11. The Balaban J connectivity index is 1.64. The molecule has 0 aliphatic heterocycles. The molecule has 0 spiro atoms. The van der Waals surface area contributed by atoms with E-state index in [0.29, 0.717) is 17.3 Å². The summed E-state index contributed by atoms with van der Waals surface area (Å²) in [4.78, 5) is 12.4. The van der Waals surface area contributed by atoms with Crippen molar-refractivity contribution in [2.45, 2.75) is 26.4 Å². The van der Waals surface area contributed by atoms with Gasteiger partial charge in [-0.1, -0.05) is 23.7 Å².